The van der Waals surface area contributed by atoms with Crippen molar-refractivity contribution in [1.29, 1.82) is 0 Å². The van der Waals surface area contributed by atoms with Gasteiger partial charge in [0.2, 0.25) is 0 Å². The van der Waals surface area contributed by atoms with Crippen LogP contribution in [-0.4, -0.2) is 9.55 Å². The van der Waals surface area contributed by atoms with Gasteiger partial charge in [0.1, 0.15) is 5.01 Å². The lowest BCUT2D eigenvalue weighted by Crippen LogP contribution is -1.95. The highest BCUT2D eigenvalue weighted by atomic mass is 32.1. The first-order valence-corrected chi connectivity index (χ1v) is 16.5. The SMILES string of the molecule is c1ccc(-n2c3ccc(-c4ccc(-c5nc6ccccc6s5)cc4)cc3c3c4ccccc4c4ccc5ccccc5c4c32)cc1. The van der Waals surface area contributed by atoms with Gasteiger partial charge in [-0.2, -0.15) is 0 Å². The summed E-state index contributed by atoms with van der Waals surface area (Å²) in [5, 5.41) is 11.3. The second kappa shape index (κ2) is 9.87. The van der Waals surface area contributed by atoms with Crippen LogP contribution in [0.4, 0.5) is 0 Å². The Morgan fingerprint density at radius 3 is 1.96 bits per heavy atom. The minimum Gasteiger partial charge on any atom is -0.309 e. The molecule has 2 nitrogen and oxygen atoms in total. The van der Waals surface area contributed by atoms with Crippen LogP contribution in [0.15, 0.2) is 158 Å². The van der Waals surface area contributed by atoms with E-state index in [2.05, 4.69) is 156 Å². The van der Waals surface area contributed by atoms with Crippen molar-refractivity contribution in [3.63, 3.8) is 0 Å². The minimum absolute atomic E-state index is 1.05. The molecule has 0 N–H and O–H groups in total. The summed E-state index contributed by atoms with van der Waals surface area (Å²) >= 11 is 1.74. The van der Waals surface area contributed by atoms with Crippen molar-refractivity contribution in [2.75, 3.05) is 0 Å². The summed E-state index contributed by atoms with van der Waals surface area (Å²) < 4.78 is 3.70. The maximum absolute atomic E-state index is 4.88. The fourth-order valence-electron chi connectivity index (χ4n) is 7.31. The van der Waals surface area contributed by atoms with Crippen molar-refractivity contribution in [3.8, 4) is 27.4 Å². The molecule has 214 valence electrons. The van der Waals surface area contributed by atoms with E-state index in [4.69, 9.17) is 4.98 Å². The highest BCUT2D eigenvalue weighted by molar-refractivity contribution is 7.21. The van der Waals surface area contributed by atoms with Crippen molar-refractivity contribution in [2.45, 2.75) is 0 Å². The van der Waals surface area contributed by atoms with Gasteiger partial charge in [-0.05, 0) is 74.5 Å². The molecule has 2 heterocycles. The van der Waals surface area contributed by atoms with E-state index in [9.17, 15) is 0 Å². The number of benzene rings is 8. The van der Waals surface area contributed by atoms with Gasteiger partial charge >= 0.3 is 0 Å². The third-order valence-electron chi connectivity index (χ3n) is 9.39. The Morgan fingerprint density at radius 1 is 0.457 bits per heavy atom. The summed E-state index contributed by atoms with van der Waals surface area (Å²) in [5.74, 6) is 0. The van der Waals surface area contributed by atoms with Gasteiger partial charge in [-0.25, -0.2) is 4.98 Å². The van der Waals surface area contributed by atoms with Crippen LogP contribution in [0.5, 0.6) is 0 Å². The molecule has 10 aromatic rings. The van der Waals surface area contributed by atoms with Gasteiger partial charge in [0, 0.05) is 27.4 Å². The fourth-order valence-corrected chi connectivity index (χ4v) is 8.28. The Balaban J connectivity index is 1.27. The van der Waals surface area contributed by atoms with Gasteiger partial charge in [0.05, 0.1) is 21.3 Å². The standard InChI is InChI=1S/C43H26N2S/c1-2-11-31(12-3-1)45-38-25-23-30(27-18-20-29(21-19-27)43-44-37-16-8-9-17-39(37)46-43)26-36(38)41-34-15-7-6-14-33(34)35-24-22-28-10-4-5-13-32(28)40(35)42(41)45/h1-26H. The third-order valence-corrected chi connectivity index (χ3v) is 10.5. The Labute approximate surface area is 269 Å². The van der Waals surface area contributed by atoms with Gasteiger partial charge in [-0.3, -0.25) is 0 Å². The van der Waals surface area contributed by atoms with Crippen LogP contribution in [0.25, 0.3) is 91.7 Å². The first kappa shape index (κ1) is 25.5. The van der Waals surface area contributed by atoms with E-state index < -0.39 is 0 Å². The average molecular weight is 603 g/mol. The minimum atomic E-state index is 1.05. The summed E-state index contributed by atoms with van der Waals surface area (Å²) in [5.41, 5.74) is 8.24. The predicted molar refractivity (Wildman–Crippen MR) is 197 cm³/mol. The Bertz CT molecular complexity index is 2750. The molecule has 0 aliphatic carbocycles. The van der Waals surface area contributed by atoms with Crippen LogP contribution in [0.2, 0.25) is 0 Å². The largest absolute Gasteiger partial charge is 0.309 e. The molecule has 0 saturated carbocycles. The molecule has 0 unspecified atom stereocenters. The van der Waals surface area contributed by atoms with Crippen LogP contribution in [0.1, 0.15) is 0 Å². The summed E-state index contributed by atoms with van der Waals surface area (Å²) in [4.78, 5) is 4.88. The first-order chi connectivity index (χ1) is 22.8. The molecule has 8 aromatic carbocycles. The molecule has 0 aliphatic heterocycles. The molecule has 0 spiro atoms. The third kappa shape index (κ3) is 3.73. The number of hydrogen-bond acceptors (Lipinski definition) is 2. The zero-order valence-corrected chi connectivity index (χ0v) is 25.6. The number of para-hydroxylation sites is 2. The number of fused-ring (bicyclic) bond motifs is 11. The Morgan fingerprint density at radius 2 is 1.11 bits per heavy atom. The van der Waals surface area contributed by atoms with Crippen molar-refractivity contribution in [3.05, 3.63) is 158 Å². The monoisotopic (exact) mass is 602 g/mol. The molecule has 46 heavy (non-hydrogen) atoms. The Kier molecular flexibility index (Phi) is 5.48. The molecule has 0 saturated heterocycles. The number of nitrogens with zero attached hydrogens (tertiary/aromatic N) is 2. The maximum Gasteiger partial charge on any atom is 0.124 e. The molecule has 3 heteroatoms. The van der Waals surface area contributed by atoms with Crippen molar-refractivity contribution in [1.82, 2.24) is 9.55 Å². The molecule has 0 radical (unpaired) electrons. The van der Waals surface area contributed by atoms with E-state index in [1.54, 1.807) is 11.3 Å². The number of rotatable bonds is 3. The lowest BCUT2D eigenvalue weighted by atomic mass is 9.93. The zero-order chi connectivity index (χ0) is 30.2. The number of thiazole rings is 1. The van der Waals surface area contributed by atoms with E-state index >= 15 is 0 Å². The highest BCUT2D eigenvalue weighted by Crippen LogP contribution is 2.45. The van der Waals surface area contributed by atoms with Crippen LogP contribution >= 0.6 is 11.3 Å². The van der Waals surface area contributed by atoms with E-state index in [0.717, 1.165) is 16.1 Å². The van der Waals surface area contributed by atoms with Crippen LogP contribution in [0, 0.1) is 0 Å². The second-order valence-corrected chi connectivity index (χ2v) is 13.0. The second-order valence-electron chi connectivity index (χ2n) is 11.9. The Hall–Kier alpha value is -5.77. The van der Waals surface area contributed by atoms with Crippen LogP contribution in [0.3, 0.4) is 0 Å². The van der Waals surface area contributed by atoms with E-state index in [-0.39, 0.29) is 0 Å². The fraction of sp³-hybridized carbons (Fsp3) is 0. The molecule has 2 aromatic heterocycles. The molecule has 0 atom stereocenters. The summed E-state index contributed by atoms with van der Waals surface area (Å²) in [6.45, 7) is 0. The summed E-state index contributed by atoms with van der Waals surface area (Å²) in [6.07, 6.45) is 0. The van der Waals surface area contributed by atoms with Crippen LogP contribution in [-0.2, 0) is 0 Å². The number of aromatic nitrogens is 2. The highest BCUT2D eigenvalue weighted by Gasteiger charge is 2.21. The average Bonchev–Trinajstić information content (AvgIpc) is 3.71. The molecular weight excluding hydrogens is 577 g/mol. The van der Waals surface area contributed by atoms with Gasteiger partial charge in [0.15, 0.2) is 0 Å². The van der Waals surface area contributed by atoms with Crippen molar-refractivity contribution >= 4 is 75.7 Å². The molecule has 10 rings (SSSR count). The van der Waals surface area contributed by atoms with Gasteiger partial charge in [-0.1, -0.05) is 121 Å². The van der Waals surface area contributed by atoms with E-state index in [1.807, 2.05) is 6.07 Å². The summed E-state index contributed by atoms with van der Waals surface area (Å²) in [7, 11) is 0. The smallest absolute Gasteiger partial charge is 0.124 e. The van der Waals surface area contributed by atoms with Gasteiger partial charge in [-0.15, -0.1) is 11.3 Å². The summed E-state index contributed by atoms with van der Waals surface area (Å²) in [6, 6.07) is 57.3. The zero-order valence-electron chi connectivity index (χ0n) is 24.8. The first-order valence-electron chi connectivity index (χ1n) is 15.6. The quantitative estimate of drug-likeness (QED) is 0.184. The van der Waals surface area contributed by atoms with Gasteiger partial charge < -0.3 is 4.57 Å². The van der Waals surface area contributed by atoms with Crippen molar-refractivity contribution in [2.24, 2.45) is 0 Å². The maximum atomic E-state index is 4.88. The van der Waals surface area contributed by atoms with Crippen molar-refractivity contribution < 1.29 is 0 Å². The lowest BCUT2D eigenvalue weighted by Gasteiger charge is -2.14. The molecule has 0 bridgehead atoms. The molecule has 0 aliphatic rings. The van der Waals surface area contributed by atoms with E-state index in [1.165, 1.54) is 75.6 Å². The molecule has 0 fully saturated rings. The topological polar surface area (TPSA) is 17.8 Å². The van der Waals surface area contributed by atoms with Gasteiger partial charge in [0.25, 0.3) is 0 Å². The van der Waals surface area contributed by atoms with E-state index in [0.29, 0.717) is 0 Å². The molecule has 0 amide bonds. The molecular formula is C43H26N2S. The lowest BCUT2D eigenvalue weighted by molar-refractivity contribution is 1.19. The van der Waals surface area contributed by atoms with Crippen LogP contribution < -0.4 is 0 Å². The normalized spacial score (nSPS) is 11.9. The number of hydrogen-bond donors (Lipinski definition) is 0. The predicted octanol–water partition coefficient (Wildman–Crippen LogP) is 12.2.